The molecule has 0 aliphatic heterocycles. The van der Waals surface area contributed by atoms with Crippen molar-refractivity contribution in [1.82, 2.24) is 0 Å². The molecule has 1 rings (SSSR count). The van der Waals surface area contributed by atoms with Crippen LogP contribution < -0.4 is 0 Å². The zero-order chi connectivity index (χ0) is 6.74. The third kappa shape index (κ3) is 2.06. The highest BCUT2D eigenvalue weighted by molar-refractivity contribution is 14.1. The number of hydrogen-bond donors (Lipinski definition) is 0. The van der Waals surface area contributed by atoms with Crippen molar-refractivity contribution in [1.29, 1.82) is 0 Å². The van der Waals surface area contributed by atoms with Gasteiger partial charge in [-0.25, -0.2) is 4.39 Å². The molecule has 0 aromatic heterocycles. The van der Waals surface area contributed by atoms with E-state index in [0.717, 1.165) is 25.7 Å². The Morgan fingerprint density at radius 2 is 1.78 bits per heavy atom. The molecule has 0 unspecified atom stereocenters. The quantitative estimate of drug-likeness (QED) is 0.489. The lowest BCUT2D eigenvalue weighted by Crippen LogP contribution is -2.27. The molecule has 0 amide bonds. The Kier molecular flexibility index (Phi) is 2.73. The summed E-state index contributed by atoms with van der Waals surface area (Å²) in [5.41, 5.74) is -0.793. The maximum absolute atomic E-state index is 13.3. The van der Waals surface area contributed by atoms with Gasteiger partial charge < -0.3 is 0 Å². The molecule has 1 saturated carbocycles. The van der Waals surface area contributed by atoms with E-state index in [4.69, 9.17) is 0 Å². The Morgan fingerprint density at radius 3 is 2.11 bits per heavy atom. The zero-order valence-corrected chi connectivity index (χ0v) is 7.66. The van der Waals surface area contributed by atoms with Gasteiger partial charge in [0.15, 0.2) is 0 Å². The summed E-state index contributed by atoms with van der Waals surface area (Å²) in [5, 5.41) is 0. The molecule has 1 aliphatic carbocycles. The molecule has 0 heterocycles. The van der Waals surface area contributed by atoms with E-state index in [1.54, 1.807) is 0 Å². The van der Waals surface area contributed by atoms with Crippen molar-refractivity contribution >= 4 is 22.6 Å². The van der Waals surface area contributed by atoms with E-state index in [1.165, 1.54) is 6.42 Å². The van der Waals surface area contributed by atoms with Crippen LogP contribution in [0.4, 0.5) is 4.39 Å². The van der Waals surface area contributed by atoms with E-state index in [9.17, 15) is 4.39 Å². The van der Waals surface area contributed by atoms with Crippen LogP contribution in [0.25, 0.3) is 0 Å². The Morgan fingerprint density at radius 1 is 1.22 bits per heavy atom. The fourth-order valence-electron chi connectivity index (χ4n) is 1.32. The number of hydrogen-bond acceptors (Lipinski definition) is 0. The van der Waals surface area contributed by atoms with Crippen LogP contribution in [-0.4, -0.2) is 10.1 Å². The first-order valence-corrected chi connectivity index (χ1v) is 5.04. The molecule has 1 aliphatic rings. The molecule has 0 aromatic rings. The molecular formula is C7H12FI. The molecule has 1 fully saturated rings. The van der Waals surface area contributed by atoms with E-state index in [0.29, 0.717) is 4.43 Å². The van der Waals surface area contributed by atoms with Gasteiger partial charge in [0.25, 0.3) is 0 Å². The molecule has 0 nitrogen and oxygen atoms in total. The predicted molar refractivity (Wildman–Crippen MR) is 45.8 cm³/mol. The van der Waals surface area contributed by atoms with Crippen molar-refractivity contribution in [3.8, 4) is 0 Å². The summed E-state index contributed by atoms with van der Waals surface area (Å²) in [7, 11) is 0. The SMILES string of the molecule is FC1(CI)CCCCC1. The number of alkyl halides is 2. The topological polar surface area (TPSA) is 0 Å². The first-order chi connectivity index (χ1) is 4.27. The van der Waals surface area contributed by atoms with Crippen molar-refractivity contribution in [3.05, 3.63) is 0 Å². The van der Waals surface area contributed by atoms with Crippen LogP contribution in [0.3, 0.4) is 0 Å². The molecule has 0 N–H and O–H groups in total. The van der Waals surface area contributed by atoms with Crippen molar-refractivity contribution in [2.75, 3.05) is 4.43 Å². The monoisotopic (exact) mass is 242 g/mol. The number of halogens is 2. The molecule has 0 saturated heterocycles. The van der Waals surface area contributed by atoms with Crippen LogP contribution in [0, 0.1) is 0 Å². The van der Waals surface area contributed by atoms with Gasteiger partial charge in [-0.15, -0.1) is 0 Å². The molecular weight excluding hydrogens is 230 g/mol. The van der Waals surface area contributed by atoms with Crippen molar-refractivity contribution in [2.45, 2.75) is 37.8 Å². The van der Waals surface area contributed by atoms with Gasteiger partial charge in [0.05, 0.1) is 0 Å². The minimum absolute atomic E-state index is 0.685. The van der Waals surface area contributed by atoms with Crippen LogP contribution in [0.1, 0.15) is 32.1 Å². The smallest absolute Gasteiger partial charge is 0.120 e. The highest BCUT2D eigenvalue weighted by Gasteiger charge is 2.29. The molecule has 54 valence electrons. The summed E-state index contributed by atoms with van der Waals surface area (Å²) in [4.78, 5) is 0. The fourth-order valence-corrected chi connectivity index (χ4v) is 2.08. The summed E-state index contributed by atoms with van der Waals surface area (Å²) in [6.07, 6.45) is 5.03. The standard InChI is InChI=1S/C7H12FI/c8-7(6-9)4-2-1-3-5-7/h1-6H2. The lowest BCUT2D eigenvalue weighted by atomic mass is 9.88. The van der Waals surface area contributed by atoms with Gasteiger partial charge in [0, 0.05) is 4.43 Å². The highest BCUT2D eigenvalue weighted by atomic mass is 127. The normalized spacial score (nSPS) is 26.0. The van der Waals surface area contributed by atoms with E-state index in [1.807, 2.05) is 0 Å². The predicted octanol–water partition coefficient (Wildman–Crippen LogP) is 3.09. The fraction of sp³-hybridized carbons (Fsp3) is 1.00. The van der Waals surface area contributed by atoms with Gasteiger partial charge in [0.2, 0.25) is 0 Å². The Bertz CT molecular complexity index is 86.9. The van der Waals surface area contributed by atoms with Gasteiger partial charge in [0.1, 0.15) is 5.67 Å². The largest absolute Gasteiger partial charge is 0.243 e. The molecule has 0 atom stereocenters. The van der Waals surface area contributed by atoms with Gasteiger partial charge in [-0.2, -0.15) is 0 Å². The minimum Gasteiger partial charge on any atom is -0.243 e. The van der Waals surface area contributed by atoms with Gasteiger partial charge in [-0.1, -0.05) is 41.9 Å². The Balaban J connectivity index is 2.37. The van der Waals surface area contributed by atoms with E-state index >= 15 is 0 Å². The zero-order valence-electron chi connectivity index (χ0n) is 5.50. The maximum atomic E-state index is 13.3. The molecule has 0 bridgehead atoms. The second kappa shape index (κ2) is 3.17. The van der Waals surface area contributed by atoms with Crippen molar-refractivity contribution < 1.29 is 4.39 Å². The molecule has 2 heteroatoms. The summed E-state index contributed by atoms with van der Waals surface area (Å²) in [5.74, 6) is 0. The molecule has 0 aromatic carbocycles. The van der Waals surface area contributed by atoms with Gasteiger partial charge in [-0.05, 0) is 12.8 Å². The molecule has 0 radical (unpaired) electrons. The average Bonchev–Trinajstić information content (AvgIpc) is 1.90. The summed E-state index contributed by atoms with van der Waals surface area (Å²) < 4.78 is 14.0. The second-order valence-corrected chi connectivity index (χ2v) is 3.61. The van der Waals surface area contributed by atoms with E-state index in [-0.39, 0.29) is 0 Å². The van der Waals surface area contributed by atoms with Crippen molar-refractivity contribution in [3.63, 3.8) is 0 Å². The van der Waals surface area contributed by atoms with Gasteiger partial charge >= 0.3 is 0 Å². The first-order valence-electron chi connectivity index (χ1n) is 3.52. The van der Waals surface area contributed by atoms with Crippen LogP contribution >= 0.6 is 22.6 Å². The Labute approximate surface area is 69.4 Å². The van der Waals surface area contributed by atoms with Crippen LogP contribution in [0.5, 0.6) is 0 Å². The molecule has 9 heavy (non-hydrogen) atoms. The summed E-state index contributed by atoms with van der Waals surface area (Å²) in [6.45, 7) is 0. The average molecular weight is 242 g/mol. The highest BCUT2D eigenvalue weighted by Crippen LogP contribution is 2.32. The second-order valence-electron chi connectivity index (χ2n) is 2.85. The van der Waals surface area contributed by atoms with Crippen LogP contribution in [0.2, 0.25) is 0 Å². The van der Waals surface area contributed by atoms with E-state index in [2.05, 4.69) is 22.6 Å². The summed E-state index contributed by atoms with van der Waals surface area (Å²) >= 11 is 2.15. The van der Waals surface area contributed by atoms with Crippen LogP contribution in [-0.2, 0) is 0 Å². The third-order valence-corrected chi connectivity index (χ3v) is 3.36. The first kappa shape index (κ1) is 7.76. The molecule has 0 spiro atoms. The van der Waals surface area contributed by atoms with Crippen molar-refractivity contribution in [2.24, 2.45) is 0 Å². The lowest BCUT2D eigenvalue weighted by Gasteiger charge is -2.26. The lowest BCUT2D eigenvalue weighted by molar-refractivity contribution is 0.138. The Hall–Kier alpha value is 0.660. The minimum atomic E-state index is -0.793. The van der Waals surface area contributed by atoms with Gasteiger partial charge in [-0.3, -0.25) is 0 Å². The summed E-state index contributed by atoms with van der Waals surface area (Å²) in [6, 6.07) is 0. The van der Waals surface area contributed by atoms with E-state index < -0.39 is 5.67 Å². The maximum Gasteiger partial charge on any atom is 0.120 e. The van der Waals surface area contributed by atoms with Crippen LogP contribution in [0.15, 0.2) is 0 Å². The number of rotatable bonds is 1. The third-order valence-electron chi connectivity index (χ3n) is 1.99.